The van der Waals surface area contributed by atoms with Gasteiger partial charge in [0.15, 0.2) is 0 Å². The fraction of sp³-hybridized carbons (Fsp3) is 0.0789. The first-order valence-electron chi connectivity index (χ1n) is 14.1. The number of methoxy groups -OCH3 is 1. The van der Waals surface area contributed by atoms with E-state index < -0.39 is 7.41 Å². The predicted octanol–water partition coefficient (Wildman–Crippen LogP) is 8.03. The normalized spacial score (nSPS) is 12.3. The van der Waals surface area contributed by atoms with Crippen molar-refractivity contribution in [2.75, 3.05) is 13.7 Å². The molecule has 0 heterocycles. The van der Waals surface area contributed by atoms with Gasteiger partial charge in [-0.25, -0.2) is 0 Å². The zero-order valence-electron chi connectivity index (χ0n) is 24.0. The van der Waals surface area contributed by atoms with Gasteiger partial charge in [-0.05, 0) is 79.7 Å². The smallest absolute Gasteiger partial charge is 0.230 e. The summed E-state index contributed by atoms with van der Waals surface area (Å²) < 4.78 is 17.2. The van der Waals surface area contributed by atoms with Crippen LogP contribution in [0.15, 0.2) is 169 Å². The quantitative estimate of drug-likeness (QED) is 0.0699. The van der Waals surface area contributed by atoms with Crippen molar-refractivity contribution >= 4 is 34.8 Å². The van der Waals surface area contributed by atoms with Crippen molar-refractivity contribution in [1.82, 2.24) is 0 Å². The van der Waals surface area contributed by atoms with Crippen molar-refractivity contribution in [2.45, 2.75) is 6.92 Å². The van der Waals surface area contributed by atoms with Gasteiger partial charge in [-0.1, -0.05) is 91.0 Å². The molecule has 0 radical (unpaired) electrons. The minimum atomic E-state index is -2.45. The van der Waals surface area contributed by atoms with Gasteiger partial charge in [0, 0.05) is 11.1 Å². The van der Waals surface area contributed by atoms with Gasteiger partial charge < -0.3 is 9.47 Å². The molecule has 0 N–H and O–H groups in total. The minimum Gasteiger partial charge on any atom is -0.497 e. The standard InChI is InChI=1S/C38H35NO2P/c1-3-41-38(32-27-29-33(40-2)30-28-32)26-16-25-37(31-17-8-4-9-18-31)39-42(34-19-10-5-11-20-34,35-21-12-6-13-22-35)36-23-14-7-15-24-36/h4-30H,3H2,1-2H3/q+1/b25-16+,38-26-,39-37?. The summed E-state index contributed by atoms with van der Waals surface area (Å²) in [7, 11) is -0.777. The van der Waals surface area contributed by atoms with Crippen LogP contribution in [0.2, 0.25) is 0 Å². The summed E-state index contributed by atoms with van der Waals surface area (Å²) in [5.74, 6) is 1.60. The van der Waals surface area contributed by atoms with Crippen LogP contribution < -0.4 is 20.7 Å². The monoisotopic (exact) mass is 568 g/mol. The van der Waals surface area contributed by atoms with Crippen LogP contribution >= 0.6 is 7.41 Å². The molecule has 0 aliphatic carbocycles. The van der Waals surface area contributed by atoms with Crippen LogP contribution in [0, 0.1) is 0 Å². The molecule has 42 heavy (non-hydrogen) atoms. The summed E-state index contributed by atoms with van der Waals surface area (Å²) in [5.41, 5.74) is 2.94. The first-order chi connectivity index (χ1) is 20.7. The fourth-order valence-electron chi connectivity index (χ4n) is 4.87. The maximum atomic E-state index is 6.03. The molecule has 0 aliphatic rings. The third-order valence-corrected chi connectivity index (χ3v) is 10.5. The lowest BCUT2D eigenvalue weighted by molar-refractivity contribution is 0.298. The zero-order chi connectivity index (χ0) is 29.0. The lowest BCUT2D eigenvalue weighted by Gasteiger charge is -2.23. The van der Waals surface area contributed by atoms with E-state index in [-0.39, 0.29) is 0 Å². The van der Waals surface area contributed by atoms with Crippen molar-refractivity contribution in [1.29, 1.82) is 0 Å². The molecule has 5 aromatic rings. The number of nitrogens with zero attached hydrogens (tertiary/aromatic N) is 1. The van der Waals surface area contributed by atoms with Crippen LogP contribution in [0.25, 0.3) is 5.76 Å². The predicted molar refractivity (Wildman–Crippen MR) is 180 cm³/mol. The van der Waals surface area contributed by atoms with Gasteiger partial charge in [0.05, 0.1) is 13.7 Å². The van der Waals surface area contributed by atoms with Crippen LogP contribution in [0.5, 0.6) is 5.75 Å². The molecule has 5 rings (SSSR count). The van der Waals surface area contributed by atoms with E-state index >= 15 is 0 Å². The summed E-state index contributed by atoms with van der Waals surface area (Å²) in [6.07, 6.45) is 6.15. The van der Waals surface area contributed by atoms with E-state index in [0.29, 0.717) is 6.61 Å². The Morgan fingerprint density at radius 1 is 0.619 bits per heavy atom. The third kappa shape index (κ3) is 6.60. The van der Waals surface area contributed by atoms with Crippen molar-refractivity contribution in [3.05, 3.63) is 175 Å². The van der Waals surface area contributed by atoms with E-state index in [1.807, 2.05) is 49.4 Å². The van der Waals surface area contributed by atoms with E-state index in [9.17, 15) is 0 Å². The largest absolute Gasteiger partial charge is 0.497 e. The van der Waals surface area contributed by atoms with Gasteiger partial charge in [0.2, 0.25) is 7.41 Å². The molecule has 0 aromatic heterocycles. The molecule has 4 heteroatoms. The van der Waals surface area contributed by atoms with E-state index in [1.165, 1.54) is 15.9 Å². The van der Waals surface area contributed by atoms with E-state index in [0.717, 1.165) is 28.3 Å². The molecule has 0 saturated heterocycles. The van der Waals surface area contributed by atoms with Gasteiger partial charge in [-0.3, -0.25) is 0 Å². The summed E-state index contributed by atoms with van der Waals surface area (Å²) in [6.45, 7) is 2.56. The maximum absolute atomic E-state index is 6.03. The molecule has 5 aromatic carbocycles. The molecule has 0 aliphatic heterocycles. The fourth-order valence-corrected chi connectivity index (χ4v) is 8.43. The second kappa shape index (κ2) is 14.3. The lowest BCUT2D eigenvalue weighted by atomic mass is 10.1. The molecule has 0 unspecified atom stereocenters. The van der Waals surface area contributed by atoms with Crippen molar-refractivity contribution in [3.8, 4) is 5.75 Å². The second-order valence-electron chi connectivity index (χ2n) is 9.54. The molecule has 0 bridgehead atoms. The van der Waals surface area contributed by atoms with Crippen LogP contribution in [0.4, 0.5) is 0 Å². The van der Waals surface area contributed by atoms with E-state index in [1.54, 1.807) is 7.11 Å². The summed E-state index contributed by atoms with van der Waals surface area (Å²) in [6, 6.07) is 50.4. The molecule has 0 amide bonds. The van der Waals surface area contributed by atoms with E-state index in [4.69, 9.17) is 14.2 Å². The Hall–Kier alpha value is -4.72. The number of rotatable bonds is 11. The number of ether oxygens (including phenoxy) is 2. The van der Waals surface area contributed by atoms with Crippen LogP contribution in [-0.2, 0) is 4.74 Å². The second-order valence-corrected chi connectivity index (χ2v) is 12.6. The molecule has 0 spiro atoms. The Bertz CT molecular complexity index is 1530. The highest BCUT2D eigenvalue weighted by atomic mass is 31.2. The van der Waals surface area contributed by atoms with Gasteiger partial charge >= 0.3 is 0 Å². The Morgan fingerprint density at radius 3 is 1.55 bits per heavy atom. The summed E-state index contributed by atoms with van der Waals surface area (Å²) >= 11 is 0. The van der Waals surface area contributed by atoms with Crippen molar-refractivity contribution in [2.24, 2.45) is 4.76 Å². The Balaban J connectivity index is 1.71. The Kier molecular flexibility index (Phi) is 9.77. The lowest BCUT2D eigenvalue weighted by Crippen LogP contribution is -2.30. The minimum absolute atomic E-state index is 0.565. The van der Waals surface area contributed by atoms with Gasteiger partial charge in [0.25, 0.3) is 0 Å². The van der Waals surface area contributed by atoms with Gasteiger partial charge in [0.1, 0.15) is 33.1 Å². The summed E-state index contributed by atoms with van der Waals surface area (Å²) in [4.78, 5) is 0. The van der Waals surface area contributed by atoms with E-state index in [2.05, 4.69) is 121 Å². The number of hydrogen-bond acceptors (Lipinski definition) is 3. The number of benzene rings is 5. The van der Waals surface area contributed by atoms with Crippen molar-refractivity contribution in [3.63, 3.8) is 0 Å². The SMILES string of the molecule is CCO/C(=C\C=C\C(=N[P+](c1ccccc1)(c1ccccc1)c1ccccc1)c1ccccc1)c1ccc(OC)cc1. The topological polar surface area (TPSA) is 30.8 Å². The highest BCUT2D eigenvalue weighted by molar-refractivity contribution is 7.94. The Morgan fingerprint density at radius 2 is 1.10 bits per heavy atom. The number of allylic oxidation sites excluding steroid dienone is 3. The summed E-state index contributed by atoms with van der Waals surface area (Å²) in [5, 5.41) is 3.61. The van der Waals surface area contributed by atoms with Crippen LogP contribution in [0.3, 0.4) is 0 Å². The van der Waals surface area contributed by atoms with Crippen molar-refractivity contribution < 1.29 is 9.47 Å². The van der Waals surface area contributed by atoms with Gasteiger partial charge in [-0.2, -0.15) is 0 Å². The molecule has 208 valence electrons. The van der Waals surface area contributed by atoms with Crippen LogP contribution in [-0.4, -0.2) is 19.4 Å². The molecule has 0 fully saturated rings. The van der Waals surface area contributed by atoms with Crippen LogP contribution in [0.1, 0.15) is 18.1 Å². The number of hydrogen-bond donors (Lipinski definition) is 0. The average molecular weight is 569 g/mol. The first kappa shape index (κ1) is 28.8. The molecular weight excluding hydrogens is 533 g/mol. The first-order valence-corrected chi connectivity index (χ1v) is 15.9. The molecule has 0 saturated carbocycles. The highest BCUT2D eigenvalue weighted by Gasteiger charge is 2.46. The average Bonchev–Trinajstić information content (AvgIpc) is 3.07. The maximum Gasteiger partial charge on any atom is 0.230 e. The Labute approximate surface area is 249 Å². The molecule has 0 atom stereocenters. The van der Waals surface area contributed by atoms with Gasteiger partial charge in [-0.15, -0.1) is 4.76 Å². The third-order valence-electron chi connectivity index (χ3n) is 6.89. The molecule has 3 nitrogen and oxygen atoms in total. The highest BCUT2D eigenvalue weighted by Crippen LogP contribution is 2.57. The molecular formula is C38H35NO2P+. The zero-order valence-corrected chi connectivity index (χ0v) is 24.9.